The van der Waals surface area contributed by atoms with Gasteiger partial charge in [-0.25, -0.2) is 0 Å². The Bertz CT molecular complexity index is 165. The summed E-state index contributed by atoms with van der Waals surface area (Å²) >= 11 is 0. The molecule has 1 aliphatic heterocycles. The smallest absolute Gasteiger partial charge is 0.0163 e. The number of nitrogens with two attached hydrogens (primary N) is 1. The van der Waals surface area contributed by atoms with E-state index in [0.717, 1.165) is 25.9 Å². The van der Waals surface area contributed by atoms with Gasteiger partial charge in [0, 0.05) is 19.1 Å². The van der Waals surface area contributed by atoms with E-state index in [1.54, 1.807) is 0 Å². The Morgan fingerprint density at radius 1 is 1.46 bits per heavy atom. The number of allylic oxidation sites excluding steroid dienone is 1. The third kappa shape index (κ3) is 3.49. The molecule has 0 bridgehead atoms. The molecule has 0 aromatic heterocycles. The first-order valence-corrected chi connectivity index (χ1v) is 5.37. The predicted molar refractivity (Wildman–Crippen MR) is 57.6 cm³/mol. The molecule has 13 heavy (non-hydrogen) atoms. The van der Waals surface area contributed by atoms with Crippen molar-refractivity contribution in [1.82, 2.24) is 4.90 Å². The molecule has 0 saturated carbocycles. The van der Waals surface area contributed by atoms with Crippen LogP contribution in [0.1, 0.15) is 26.7 Å². The summed E-state index contributed by atoms with van der Waals surface area (Å²) in [6, 6.07) is 0.423. The first-order valence-electron chi connectivity index (χ1n) is 5.37. The lowest BCUT2D eigenvalue weighted by molar-refractivity contribution is 0.180. The van der Waals surface area contributed by atoms with Crippen LogP contribution >= 0.6 is 0 Å². The van der Waals surface area contributed by atoms with Crippen molar-refractivity contribution in [3.63, 3.8) is 0 Å². The number of rotatable bonds is 3. The number of likely N-dealkylation sites (tertiary alicyclic amines) is 1. The van der Waals surface area contributed by atoms with Crippen molar-refractivity contribution >= 4 is 0 Å². The molecule has 0 radical (unpaired) electrons. The molecule has 1 aliphatic rings. The van der Waals surface area contributed by atoms with Gasteiger partial charge in [0.15, 0.2) is 0 Å². The van der Waals surface area contributed by atoms with E-state index >= 15 is 0 Å². The van der Waals surface area contributed by atoms with Gasteiger partial charge in [-0.05, 0) is 25.3 Å². The lowest BCUT2D eigenvalue weighted by Crippen LogP contribution is -2.45. The molecule has 2 atom stereocenters. The minimum absolute atomic E-state index is 0.423. The van der Waals surface area contributed by atoms with Gasteiger partial charge in [0.05, 0.1) is 0 Å². The zero-order valence-electron chi connectivity index (χ0n) is 8.87. The fourth-order valence-corrected chi connectivity index (χ4v) is 1.81. The van der Waals surface area contributed by atoms with Gasteiger partial charge in [0.25, 0.3) is 0 Å². The van der Waals surface area contributed by atoms with E-state index < -0.39 is 0 Å². The first-order chi connectivity index (χ1) is 6.24. The van der Waals surface area contributed by atoms with Crippen LogP contribution in [0.5, 0.6) is 0 Å². The molecule has 0 aromatic carbocycles. The van der Waals surface area contributed by atoms with Crippen LogP contribution < -0.4 is 5.73 Å². The molecule has 0 aromatic rings. The molecule has 1 heterocycles. The molecule has 0 aliphatic carbocycles. The van der Waals surface area contributed by atoms with Crippen LogP contribution in [0.4, 0.5) is 0 Å². The normalized spacial score (nSPS) is 31.3. The van der Waals surface area contributed by atoms with Crippen LogP contribution in [-0.4, -0.2) is 30.6 Å². The monoisotopic (exact) mass is 182 g/mol. The van der Waals surface area contributed by atoms with E-state index in [0.29, 0.717) is 12.0 Å². The second-order valence-electron chi connectivity index (χ2n) is 4.07. The van der Waals surface area contributed by atoms with Crippen LogP contribution in [-0.2, 0) is 0 Å². The quantitative estimate of drug-likeness (QED) is 0.672. The van der Waals surface area contributed by atoms with Gasteiger partial charge in [0.2, 0.25) is 0 Å². The average Bonchev–Trinajstić information content (AvgIpc) is 2.12. The van der Waals surface area contributed by atoms with Crippen molar-refractivity contribution in [2.24, 2.45) is 11.7 Å². The van der Waals surface area contributed by atoms with Crippen LogP contribution in [0, 0.1) is 5.92 Å². The van der Waals surface area contributed by atoms with E-state index in [1.165, 1.54) is 6.54 Å². The van der Waals surface area contributed by atoms with Gasteiger partial charge < -0.3 is 5.73 Å². The van der Waals surface area contributed by atoms with Crippen molar-refractivity contribution in [2.45, 2.75) is 32.7 Å². The van der Waals surface area contributed by atoms with Gasteiger partial charge in [-0.1, -0.05) is 26.0 Å². The summed E-state index contributed by atoms with van der Waals surface area (Å²) in [6.07, 6.45) is 6.80. The highest BCUT2D eigenvalue weighted by atomic mass is 15.1. The lowest BCUT2D eigenvalue weighted by atomic mass is 9.95. The second kappa shape index (κ2) is 5.40. The van der Waals surface area contributed by atoms with E-state index in [2.05, 4.69) is 30.9 Å². The third-order valence-corrected chi connectivity index (χ3v) is 2.82. The summed E-state index contributed by atoms with van der Waals surface area (Å²) in [4.78, 5) is 2.49. The number of hydrogen-bond acceptors (Lipinski definition) is 2. The molecule has 2 nitrogen and oxygen atoms in total. The van der Waals surface area contributed by atoms with Crippen LogP contribution in [0.3, 0.4) is 0 Å². The van der Waals surface area contributed by atoms with Gasteiger partial charge >= 0.3 is 0 Å². The van der Waals surface area contributed by atoms with Gasteiger partial charge in [-0.3, -0.25) is 4.90 Å². The second-order valence-corrected chi connectivity index (χ2v) is 4.07. The molecule has 1 saturated heterocycles. The van der Waals surface area contributed by atoms with Crippen LogP contribution in [0.2, 0.25) is 0 Å². The van der Waals surface area contributed by atoms with E-state index in [9.17, 15) is 0 Å². The maximum absolute atomic E-state index is 5.95. The third-order valence-electron chi connectivity index (χ3n) is 2.82. The zero-order chi connectivity index (χ0) is 9.68. The van der Waals surface area contributed by atoms with Gasteiger partial charge in [-0.2, -0.15) is 0 Å². The number of nitrogens with zero attached hydrogens (tertiary/aromatic N) is 1. The zero-order valence-corrected chi connectivity index (χ0v) is 8.87. The highest BCUT2D eigenvalue weighted by Gasteiger charge is 2.21. The molecule has 0 amide bonds. The fourth-order valence-electron chi connectivity index (χ4n) is 1.81. The molecule has 76 valence electrons. The minimum Gasteiger partial charge on any atom is -0.327 e. The Balaban J connectivity index is 2.25. The maximum atomic E-state index is 5.95. The van der Waals surface area contributed by atoms with Crippen molar-refractivity contribution in [3.05, 3.63) is 12.2 Å². The summed E-state index contributed by atoms with van der Waals surface area (Å²) < 4.78 is 0. The summed E-state index contributed by atoms with van der Waals surface area (Å²) in [5, 5.41) is 0. The van der Waals surface area contributed by atoms with Crippen molar-refractivity contribution in [1.29, 1.82) is 0 Å². The van der Waals surface area contributed by atoms with Crippen molar-refractivity contribution in [3.8, 4) is 0 Å². The number of hydrogen-bond donors (Lipinski definition) is 1. The predicted octanol–water partition coefficient (Wildman–Crippen LogP) is 1.62. The van der Waals surface area contributed by atoms with E-state index in [-0.39, 0.29) is 0 Å². The molecule has 2 N–H and O–H groups in total. The maximum Gasteiger partial charge on any atom is 0.0163 e. The molecule has 1 fully saturated rings. The molecule has 2 unspecified atom stereocenters. The Morgan fingerprint density at radius 2 is 2.23 bits per heavy atom. The summed E-state index contributed by atoms with van der Waals surface area (Å²) in [5.41, 5.74) is 5.95. The lowest BCUT2D eigenvalue weighted by Gasteiger charge is -2.34. The van der Waals surface area contributed by atoms with Gasteiger partial charge in [0.1, 0.15) is 0 Å². The molecular weight excluding hydrogens is 160 g/mol. The summed E-state index contributed by atoms with van der Waals surface area (Å²) in [6.45, 7) is 7.85. The Morgan fingerprint density at radius 3 is 2.85 bits per heavy atom. The Hall–Kier alpha value is -0.340. The van der Waals surface area contributed by atoms with Crippen molar-refractivity contribution < 1.29 is 0 Å². The largest absolute Gasteiger partial charge is 0.327 e. The Labute approximate surface area is 81.8 Å². The molecule has 0 spiro atoms. The van der Waals surface area contributed by atoms with E-state index in [1.807, 2.05) is 0 Å². The topological polar surface area (TPSA) is 29.3 Å². The molecule has 2 heteroatoms. The molecule has 1 rings (SSSR count). The summed E-state index contributed by atoms with van der Waals surface area (Å²) in [5.74, 6) is 0.656. The number of piperidine rings is 1. The standard InChI is InChI=1S/C11H22N2/c1-3-4-5-7-13-8-6-11(12)10(2)9-13/h4-5,10-11H,3,6-9,12H2,1-2H3/b5-4+. The highest BCUT2D eigenvalue weighted by molar-refractivity contribution is 4.87. The summed E-state index contributed by atoms with van der Waals surface area (Å²) in [7, 11) is 0. The highest BCUT2D eigenvalue weighted by Crippen LogP contribution is 2.14. The van der Waals surface area contributed by atoms with Crippen molar-refractivity contribution in [2.75, 3.05) is 19.6 Å². The first kappa shape index (κ1) is 10.7. The van der Waals surface area contributed by atoms with Crippen LogP contribution in [0.15, 0.2) is 12.2 Å². The minimum atomic E-state index is 0.423. The SMILES string of the molecule is CC/C=C/CN1CCC(N)C(C)C1. The van der Waals surface area contributed by atoms with Gasteiger partial charge in [-0.15, -0.1) is 0 Å². The average molecular weight is 182 g/mol. The van der Waals surface area contributed by atoms with Crippen LogP contribution in [0.25, 0.3) is 0 Å². The van der Waals surface area contributed by atoms with E-state index in [4.69, 9.17) is 5.73 Å². The fraction of sp³-hybridized carbons (Fsp3) is 0.818. The Kier molecular flexibility index (Phi) is 4.46. The molecular formula is C11H22N2.